The molecule has 28 heavy (non-hydrogen) atoms. The fraction of sp³-hybridized carbons (Fsp3) is 0.348. The minimum Gasteiger partial charge on any atom is -0.477 e. The average molecular weight is 379 g/mol. The maximum absolute atomic E-state index is 12.7. The highest BCUT2D eigenvalue weighted by Gasteiger charge is 2.24. The summed E-state index contributed by atoms with van der Waals surface area (Å²) in [6, 6.07) is 12.0. The van der Waals surface area contributed by atoms with E-state index in [-0.39, 0.29) is 5.63 Å². The lowest BCUT2D eigenvalue weighted by Crippen LogP contribution is -2.37. The van der Waals surface area contributed by atoms with Gasteiger partial charge in [-0.05, 0) is 38.0 Å². The number of nitrogens with zero attached hydrogens (tertiary/aromatic N) is 1. The molecule has 1 N–H and O–H groups in total. The van der Waals surface area contributed by atoms with Gasteiger partial charge < -0.3 is 14.3 Å². The molecule has 0 saturated heterocycles. The Kier molecular flexibility index (Phi) is 4.96. The van der Waals surface area contributed by atoms with Crippen molar-refractivity contribution in [1.29, 1.82) is 0 Å². The molecule has 0 saturated carbocycles. The minimum absolute atomic E-state index is 0.288. The summed E-state index contributed by atoms with van der Waals surface area (Å²) in [5.41, 5.74) is 4.95. The molecule has 0 unspecified atom stereocenters. The molecule has 2 aromatic carbocycles. The second-order valence-electron chi connectivity index (χ2n) is 7.66. The Hall–Kier alpha value is -2.63. The van der Waals surface area contributed by atoms with Crippen LogP contribution in [0.4, 0.5) is 0 Å². The number of benzene rings is 2. The van der Waals surface area contributed by atoms with Crippen molar-refractivity contribution in [1.82, 2.24) is 4.90 Å². The van der Waals surface area contributed by atoms with Gasteiger partial charge in [0.05, 0.1) is 6.10 Å². The topological polar surface area (TPSA) is 62.9 Å². The molecule has 0 fully saturated rings. The van der Waals surface area contributed by atoms with Gasteiger partial charge in [0.25, 0.3) is 0 Å². The number of ether oxygens (including phenoxy) is 1. The van der Waals surface area contributed by atoms with E-state index in [1.54, 1.807) is 6.92 Å². The Morgan fingerprint density at radius 3 is 2.64 bits per heavy atom. The summed E-state index contributed by atoms with van der Waals surface area (Å²) < 4.78 is 11.7. The molecule has 5 nitrogen and oxygen atoms in total. The summed E-state index contributed by atoms with van der Waals surface area (Å²) in [6.45, 7) is 7.36. The zero-order chi connectivity index (χ0) is 19.8. The first-order valence-electron chi connectivity index (χ1n) is 9.60. The molecule has 1 aromatic heterocycles. The Bertz CT molecular complexity index is 1070. The van der Waals surface area contributed by atoms with Gasteiger partial charge in [-0.3, -0.25) is 4.90 Å². The van der Waals surface area contributed by atoms with Crippen molar-refractivity contribution < 1.29 is 14.3 Å². The summed E-state index contributed by atoms with van der Waals surface area (Å²) in [4.78, 5) is 14.8. The van der Waals surface area contributed by atoms with Crippen LogP contribution in [0.2, 0.25) is 0 Å². The van der Waals surface area contributed by atoms with E-state index in [4.69, 9.17) is 9.15 Å². The summed E-state index contributed by atoms with van der Waals surface area (Å²) >= 11 is 0. The van der Waals surface area contributed by atoms with Crippen molar-refractivity contribution in [3.63, 3.8) is 0 Å². The first kappa shape index (κ1) is 18.7. The molecule has 0 aliphatic carbocycles. The molecule has 5 heteroatoms. The number of aliphatic hydroxyl groups is 1. The van der Waals surface area contributed by atoms with E-state index in [2.05, 4.69) is 11.0 Å². The van der Waals surface area contributed by atoms with E-state index in [0.717, 1.165) is 33.4 Å². The van der Waals surface area contributed by atoms with Crippen LogP contribution in [0.5, 0.6) is 5.75 Å². The smallest absolute Gasteiger partial charge is 0.340 e. The lowest BCUT2D eigenvalue weighted by molar-refractivity contribution is 0.0498. The maximum Gasteiger partial charge on any atom is 0.340 e. The highest BCUT2D eigenvalue weighted by molar-refractivity contribution is 5.87. The van der Waals surface area contributed by atoms with Crippen LogP contribution in [0.3, 0.4) is 0 Å². The van der Waals surface area contributed by atoms with Gasteiger partial charge in [-0.25, -0.2) is 4.79 Å². The molecular formula is C23H25NO4. The van der Waals surface area contributed by atoms with Gasteiger partial charge in [0.15, 0.2) is 0 Å². The van der Waals surface area contributed by atoms with Gasteiger partial charge in [-0.1, -0.05) is 30.3 Å². The Morgan fingerprint density at radius 2 is 1.93 bits per heavy atom. The molecule has 0 radical (unpaired) electrons. The normalized spacial score (nSPS) is 15.3. The molecule has 4 rings (SSSR count). The number of hydrogen-bond donors (Lipinski definition) is 1. The van der Waals surface area contributed by atoms with Crippen molar-refractivity contribution in [2.75, 3.05) is 13.3 Å². The molecule has 0 bridgehead atoms. The zero-order valence-electron chi connectivity index (χ0n) is 16.5. The standard InChI is InChI=1S/C23H25NO4/c1-14(25)11-24-12-18-10-19-15(2)20(9-17-7-5-4-6-8-17)23(26)28-22(19)16(3)21(18)27-13-24/h4-8,10,14,25H,9,11-13H2,1-3H3/t14-/m0/s1. The number of β-amino-alcohol motifs (C(OH)–C–C–N with tert-alkyl or cyclic N) is 1. The molecule has 1 atom stereocenters. The van der Waals surface area contributed by atoms with Gasteiger partial charge in [-0.2, -0.15) is 0 Å². The van der Waals surface area contributed by atoms with Crippen LogP contribution >= 0.6 is 0 Å². The van der Waals surface area contributed by atoms with Crippen molar-refractivity contribution in [2.24, 2.45) is 0 Å². The number of aryl methyl sites for hydroxylation is 2. The third kappa shape index (κ3) is 3.43. The summed E-state index contributed by atoms with van der Waals surface area (Å²) in [5, 5.41) is 10.6. The maximum atomic E-state index is 12.7. The zero-order valence-corrected chi connectivity index (χ0v) is 16.5. The first-order valence-corrected chi connectivity index (χ1v) is 9.60. The largest absolute Gasteiger partial charge is 0.477 e. The Morgan fingerprint density at radius 1 is 1.18 bits per heavy atom. The number of hydrogen-bond acceptors (Lipinski definition) is 5. The second kappa shape index (κ2) is 7.41. The number of aliphatic hydroxyl groups excluding tert-OH is 1. The quantitative estimate of drug-likeness (QED) is 0.703. The van der Waals surface area contributed by atoms with Gasteiger partial charge in [0.1, 0.15) is 18.1 Å². The third-order valence-corrected chi connectivity index (χ3v) is 5.37. The molecular weight excluding hydrogens is 354 g/mol. The van der Waals surface area contributed by atoms with Gasteiger partial charge in [0.2, 0.25) is 0 Å². The minimum atomic E-state index is -0.413. The lowest BCUT2D eigenvalue weighted by Gasteiger charge is -2.31. The fourth-order valence-electron chi connectivity index (χ4n) is 3.99. The van der Waals surface area contributed by atoms with E-state index >= 15 is 0 Å². The van der Waals surface area contributed by atoms with E-state index in [9.17, 15) is 9.90 Å². The Labute approximate surface area is 164 Å². The van der Waals surface area contributed by atoms with E-state index in [0.29, 0.717) is 37.4 Å². The van der Waals surface area contributed by atoms with Crippen LogP contribution in [0.15, 0.2) is 45.6 Å². The summed E-state index contributed by atoms with van der Waals surface area (Å²) in [6.07, 6.45) is 0.134. The SMILES string of the molecule is Cc1c(Cc2ccccc2)c(=O)oc2c(C)c3c(cc12)CN(C[C@H](C)O)CO3. The van der Waals surface area contributed by atoms with Gasteiger partial charge >= 0.3 is 5.63 Å². The van der Waals surface area contributed by atoms with Crippen LogP contribution in [0.1, 0.15) is 34.7 Å². The number of fused-ring (bicyclic) bond motifs is 2. The highest BCUT2D eigenvalue weighted by Crippen LogP contribution is 2.36. The predicted octanol–water partition coefficient (Wildman–Crippen LogP) is 3.53. The average Bonchev–Trinajstić information content (AvgIpc) is 2.67. The fourth-order valence-corrected chi connectivity index (χ4v) is 3.99. The van der Waals surface area contributed by atoms with Crippen LogP contribution in [0.25, 0.3) is 11.0 Å². The van der Waals surface area contributed by atoms with Crippen molar-refractivity contribution >= 4 is 11.0 Å². The van der Waals surface area contributed by atoms with E-state index in [1.165, 1.54) is 0 Å². The van der Waals surface area contributed by atoms with Crippen LogP contribution in [0, 0.1) is 13.8 Å². The molecule has 0 spiro atoms. The van der Waals surface area contributed by atoms with Crippen LogP contribution in [-0.2, 0) is 13.0 Å². The van der Waals surface area contributed by atoms with E-state index < -0.39 is 6.10 Å². The first-order chi connectivity index (χ1) is 13.4. The van der Waals surface area contributed by atoms with Crippen molar-refractivity contribution in [3.05, 3.63) is 74.6 Å². The molecule has 1 aliphatic heterocycles. The lowest BCUT2D eigenvalue weighted by atomic mass is 9.96. The molecule has 2 heterocycles. The monoisotopic (exact) mass is 379 g/mol. The highest BCUT2D eigenvalue weighted by atomic mass is 16.5. The predicted molar refractivity (Wildman–Crippen MR) is 109 cm³/mol. The molecule has 1 aliphatic rings. The second-order valence-corrected chi connectivity index (χ2v) is 7.66. The molecule has 146 valence electrons. The van der Waals surface area contributed by atoms with Gasteiger partial charge in [-0.15, -0.1) is 0 Å². The van der Waals surface area contributed by atoms with E-state index in [1.807, 2.05) is 44.2 Å². The third-order valence-electron chi connectivity index (χ3n) is 5.37. The number of rotatable bonds is 4. The molecule has 0 amide bonds. The summed E-state index contributed by atoms with van der Waals surface area (Å²) in [7, 11) is 0. The van der Waals surface area contributed by atoms with Crippen molar-refractivity contribution in [3.8, 4) is 5.75 Å². The van der Waals surface area contributed by atoms with Crippen molar-refractivity contribution in [2.45, 2.75) is 39.8 Å². The van der Waals surface area contributed by atoms with Gasteiger partial charge in [0, 0.05) is 41.6 Å². The Balaban J connectivity index is 1.80. The molecule has 3 aromatic rings. The summed E-state index contributed by atoms with van der Waals surface area (Å²) in [5.74, 6) is 0.785. The van der Waals surface area contributed by atoms with Crippen LogP contribution in [-0.4, -0.2) is 29.4 Å². The van der Waals surface area contributed by atoms with Crippen LogP contribution < -0.4 is 10.4 Å².